The molecule has 1 rings (SSSR count). The van der Waals surface area contributed by atoms with E-state index >= 15 is 0 Å². The second kappa shape index (κ2) is 1.15. The van der Waals surface area contributed by atoms with Crippen molar-refractivity contribution in [1.82, 2.24) is 5.73 Å². The van der Waals surface area contributed by atoms with E-state index in [1.165, 1.54) is 0 Å². The second-order valence-corrected chi connectivity index (χ2v) is 1.87. The van der Waals surface area contributed by atoms with Crippen LogP contribution in [0.3, 0.4) is 0 Å². The van der Waals surface area contributed by atoms with Gasteiger partial charge in [0.15, 0.2) is 0 Å². The Balaban J connectivity index is 2.30. The first-order valence-corrected chi connectivity index (χ1v) is 2.19. The van der Waals surface area contributed by atoms with Gasteiger partial charge in [-0.3, -0.25) is 5.73 Å². The third-order valence-corrected chi connectivity index (χ3v) is 1.20. The Bertz CT molecular complexity index is 81.8. The van der Waals surface area contributed by atoms with Crippen molar-refractivity contribution in [3.63, 3.8) is 0 Å². The van der Waals surface area contributed by atoms with Crippen molar-refractivity contribution in [3.8, 4) is 0 Å². The topological polar surface area (TPSA) is 23.8 Å². The fourth-order valence-corrected chi connectivity index (χ4v) is 0.491. The first-order chi connectivity index (χ1) is 3.17. The van der Waals surface area contributed by atoms with E-state index < -0.39 is 11.8 Å². The number of alkyl halides is 2. The first-order valence-electron chi connectivity index (χ1n) is 2.19. The van der Waals surface area contributed by atoms with Crippen LogP contribution in [-0.2, 0) is 0 Å². The summed E-state index contributed by atoms with van der Waals surface area (Å²) in [5.74, 6) is -3.09. The molecule has 1 unspecified atom stereocenters. The molecule has 41 valence electrons. The van der Waals surface area contributed by atoms with Crippen LogP contribution in [0.4, 0.5) is 8.78 Å². The molecule has 1 saturated carbocycles. The summed E-state index contributed by atoms with van der Waals surface area (Å²) in [4.78, 5) is 0. The maximum absolute atomic E-state index is 11.7. The van der Waals surface area contributed by atoms with Crippen molar-refractivity contribution < 1.29 is 8.78 Å². The average Bonchev–Trinajstić information content (AvgIpc) is 2.13. The molecule has 0 spiro atoms. The lowest BCUT2D eigenvalue weighted by molar-refractivity contribution is 0.100. The molecule has 0 aliphatic heterocycles. The average molecular weight is 106 g/mol. The lowest BCUT2D eigenvalue weighted by Crippen LogP contribution is -1.98. The summed E-state index contributed by atoms with van der Waals surface area (Å²) in [5, 5.41) is 0. The monoisotopic (exact) mass is 106 g/mol. The molecule has 1 fully saturated rings. The summed E-state index contributed by atoms with van der Waals surface area (Å²) in [6.07, 6.45) is -0.0590. The molecule has 0 bridgehead atoms. The predicted molar refractivity (Wildman–Crippen MR) is 21.0 cm³/mol. The second-order valence-electron chi connectivity index (χ2n) is 1.87. The van der Waals surface area contributed by atoms with E-state index in [4.69, 9.17) is 5.73 Å². The minimum Gasteiger partial charge on any atom is -0.257 e. The normalized spacial score (nSPS) is 35.6. The molecular formula is C4H6F2N. The van der Waals surface area contributed by atoms with Crippen LogP contribution in [0.15, 0.2) is 0 Å². The minimum atomic E-state index is -2.47. The number of hydrogen-bond acceptors (Lipinski definition) is 0. The van der Waals surface area contributed by atoms with Crippen molar-refractivity contribution in [3.05, 3.63) is 0 Å². The first kappa shape index (κ1) is 4.97. The van der Waals surface area contributed by atoms with E-state index in [0.29, 0.717) is 0 Å². The summed E-state index contributed by atoms with van der Waals surface area (Å²) < 4.78 is 23.4. The molecule has 1 atom stereocenters. The Hall–Kier alpha value is -0.180. The lowest BCUT2D eigenvalue weighted by Gasteiger charge is -1.86. The largest absolute Gasteiger partial charge is 0.257 e. The molecule has 1 nitrogen and oxygen atoms in total. The zero-order chi connectivity index (χ0) is 5.49. The molecule has 1 radical (unpaired) electrons. The van der Waals surface area contributed by atoms with Crippen LogP contribution in [0, 0.1) is 5.92 Å². The highest BCUT2D eigenvalue weighted by Crippen LogP contribution is 2.47. The van der Waals surface area contributed by atoms with Crippen LogP contribution in [0.5, 0.6) is 0 Å². The third-order valence-electron chi connectivity index (χ3n) is 1.20. The van der Waals surface area contributed by atoms with Gasteiger partial charge in [-0.1, -0.05) is 0 Å². The van der Waals surface area contributed by atoms with Gasteiger partial charge in [0.25, 0.3) is 5.92 Å². The van der Waals surface area contributed by atoms with Gasteiger partial charge in [0.05, 0.1) is 0 Å². The predicted octanol–water partition coefficient (Wildman–Crippen LogP) is 0.924. The number of halogens is 2. The molecule has 0 aromatic carbocycles. The molecule has 3 heteroatoms. The molecule has 1 aliphatic carbocycles. The van der Waals surface area contributed by atoms with Crippen molar-refractivity contribution in [2.24, 2.45) is 5.92 Å². The molecule has 0 amide bonds. The fraction of sp³-hybridized carbons (Fsp3) is 1.00. The van der Waals surface area contributed by atoms with E-state index in [0.717, 1.165) is 0 Å². The summed E-state index contributed by atoms with van der Waals surface area (Å²) in [6, 6.07) is 0. The highest BCUT2D eigenvalue weighted by Gasteiger charge is 2.55. The quantitative estimate of drug-likeness (QED) is 0.474. The van der Waals surface area contributed by atoms with E-state index in [1.807, 2.05) is 0 Å². The molecule has 1 N–H and O–H groups in total. The van der Waals surface area contributed by atoms with Crippen molar-refractivity contribution >= 4 is 0 Å². The molecule has 0 heterocycles. The van der Waals surface area contributed by atoms with Crippen LogP contribution in [0.25, 0.3) is 0 Å². The van der Waals surface area contributed by atoms with E-state index in [2.05, 4.69) is 0 Å². The van der Waals surface area contributed by atoms with Gasteiger partial charge in [-0.15, -0.1) is 0 Å². The van der Waals surface area contributed by atoms with Gasteiger partial charge in [-0.2, -0.15) is 0 Å². The third kappa shape index (κ3) is 0.725. The maximum Gasteiger partial charge on any atom is 0.252 e. The van der Waals surface area contributed by atoms with Gasteiger partial charge in [-0.25, -0.2) is 8.78 Å². The Morgan fingerprint density at radius 1 is 1.71 bits per heavy atom. The van der Waals surface area contributed by atoms with Crippen LogP contribution < -0.4 is 5.73 Å². The standard InChI is InChI=1S/C4H6F2N/c5-4(6)1-3(4)2-7/h3,7H,1-2H2. The van der Waals surface area contributed by atoms with Gasteiger partial charge in [-0.05, 0) is 0 Å². The Labute approximate surface area is 40.5 Å². The van der Waals surface area contributed by atoms with Crippen LogP contribution in [-0.4, -0.2) is 12.5 Å². The SMILES string of the molecule is [NH]CC1CC1(F)F. The van der Waals surface area contributed by atoms with Crippen molar-refractivity contribution in [2.75, 3.05) is 6.54 Å². The van der Waals surface area contributed by atoms with E-state index in [1.54, 1.807) is 0 Å². The van der Waals surface area contributed by atoms with Crippen molar-refractivity contribution in [2.45, 2.75) is 12.3 Å². The van der Waals surface area contributed by atoms with Crippen LogP contribution in [0.1, 0.15) is 6.42 Å². The zero-order valence-electron chi connectivity index (χ0n) is 3.75. The molecule has 0 aromatic heterocycles. The smallest absolute Gasteiger partial charge is 0.252 e. The van der Waals surface area contributed by atoms with E-state index in [9.17, 15) is 8.78 Å². The number of rotatable bonds is 1. The molecule has 1 aliphatic rings. The van der Waals surface area contributed by atoms with Crippen molar-refractivity contribution in [1.29, 1.82) is 0 Å². The van der Waals surface area contributed by atoms with Gasteiger partial charge < -0.3 is 0 Å². The lowest BCUT2D eigenvalue weighted by atomic mass is 10.4. The summed E-state index contributed by atoms with van der Waals surface area (Å²) in [7, 11) is 0. The molecule has 0 aromatic rings. The highest BCUT2D eigenvalue weighted by atomic mass is 19.3. The van der Waals surface area contributed by atoms with Gasteiger partial charge in [0, 0.05) is 18.9 Å². The van der Waals surface area contributed by atoms with Gasteiger partial charge in [0.2, 0.25) is 0 Å². The van der Waals surface area contributed by atoms with Gasteiger partial charge in [0.1, 0.15) is 0 Å². The van der Waals surface area contributed by atoms with E-state index in [-0.39, 0.29) is 13.0 Å². The number of hydrogen-bond donors (Lipinski definition) is 0. The van der Waals surface area contributed by atoms with Crippen LogP contribution >= 0.6 is 0 Å². The minimum absolute atomic E-state index is 0.0590. The fourth-order valence-electron chi connectivity index (χ4n) is 0.491. The Kier molecular flexibility index (Phi) is 0.819. The Morgan fingerprint density at radius 2 is 2.14 bits per heavy atom. The highest BCUT2D eigenvalue weighted by molar-refractivity contribution is 4.94. The summed E-state index contributed by atoms with van der Waals surface area (Å²) >= 11 is 0. The maximum atomic E-state index is 11.7. The zero-order valence-corrected chi connectivity index (χ0v) is 3.75. The van der Waals surface area contributed by atoms with Crippen LogP contribution in [0.2, 0.25) is 0 Å². The molecule has 0 saturated heterocycles. The molecule has 7 heavy (non-hydrogen) atoms. The summed E-state index contributed by atoms with van der Waals surface area (Å²) in [5.41, 5.74) is 6.50. The summed E-state index contributed by atoms with van der Waals surface area (Å²) in [6.45, 7) is -0.118. The van der Waals surface area contributed by atoms with Gasteiger partial charge >= 0.3 is 0 Å². The number of nitrogens with one attached hydrogen (secondary N) is 1. The Morgan fingerprint density at radius 3 is 2.14 bits per heavy atom. The molecular weight excluding hydrogens is 100 g/mol.